The van der Waals surface area contributed by atoms with E-state index in [1.54, 1.807) is 17.0 Å². The average molecular weight is 498 g/mol. The fourth-order valence-electron chi connectivity index (χ4n) is 3.50. The van der Waals surface area contributed by atoms with Crippen molar-refractivity contribution in [1.29, 1.82) is 0 Å². The minimum atomic E-state index is -2.67. The molecule has 9 heteroatoms. The van der Waals surface area contributed by atoms with Crippen LogP contribution < -0.4 is 4.48 Å². The first-order valence-corrected chi connectivity index (χ1v) is 13.4. The molecule has 3 aromatic heterocycles. The molecule has 0 unspecified atom stereocenters. The van der Waals surface area contributed by atoms with Crippen molar-refractivity contribution in [2.24, 2.45) is 0 Å². The second-order valence-corrected chi connectivity index (χ2v) is 12.8. The van der Waals surface area contributed by atoms with Crippen LogP contribution in [-0.2, 0) is 14.6 Å². The summed E-state index contributed by atoms with van der Waals surface area (Å²) >= 11 is 0. The molecule has 8 nitrogen and oxygen atoms in total. The van der Waals surface area contributed by atoms with Crippen LogP contribution in [0.25, 0.3) is 32.9 Å². The summed E-state index contributed by atoms with van der Waals surface area (Å²) in [6.45, 7) is 5.60. The molecule has 0 saturated heterocycles. The van der Waals surface area contributed by atoms with Crippen LogP contribution in [0.3, 0.4) is 0 Å². The Kier molecular flexibility index (Phi) is 7.06. The Hall–Kier alpha value is -3.30. The Morgan fingerprint density at radius 3 is 2.09 bits per heavy atom. The number of quaternary nitrogens is 1. The van der Waals surface area contributed by atoms with Gasteiger partial charge in [-0.05, 0) is 44.5 Å². The van der Waals surface area contributed by atoms with E-state index in [2.05, 4.69) is 43.2 Å². The molecule has 0 aliphatic carbocycles. The van der Waals surface area contributed by atoms with Crippen LogP contribution in [0.15, 0.2) is 55.0 Å². The summed E-state index contributed by atoms with van der Waals surface area (Å²) in [5.41, 5.74) is 2.97. The first-order chi connectivity index (χ1) is 16.0. The highest BCUT2D eigenvalue weighted by Crippen LogP contribution is 2.33. The van der Waals surface area contributed by atoms with E-state index in [0.717, 1.165) is 51.3 Å². The fourth-order valence-corrected chi connectivity index (χ4v) is 3.50. The van der Waals surface area contributed by atoms with Crippen molar-refractivity contribution in [3.63, 3.8) is 0 Å². The van der Waals surface area contributed by atoms with E-state index >= 15 is 0 Å². The molecular weight excluding hydrogens is 464 g/mol. The maximum atomic E-state index is 13.1. The molecule has 4 rings (SSSR count). The standard InChI is InChI=1S/C24H27N4O2.C2H6O2S/c1-24(2,3)30-23(29)27-20-11-12-25-15-19(20)18-9-7-16(13-21(18)27)17-8-10-22(26-14-17)28(4,5)6;1-5(2,3)4/h7-15H,1-6H3;1-2H3/q+1;. The number of hydrogen-bond donors (Lipinski definition) is 0. The molecule has 0 fully saturated rings. The normalized spacial score (nSPS) is 12.3. The molecule has 4 aromatic rings. The maximum absolute atomic E-state index is 13.1. The van der Waals surface area contributed by atoms with E-state index in [-0.39, 0.29) is 0 Å². The smallest absolute Gasteiger partial charge is 0.419 e. The molecule has 0 aliphatic rings. The number of aromatic nitrogens is 3. The van der Waals surface area contributed by atoms with Crippen LogP contribution in [0.5, 0.6) is 0 Å². The third kappa shape index (κ3) is 6.64. The van der Waals surface area contributed by atoms with Gasteiger partial charge in [-0.1, -0.05) is 12.1 Å². The summed E-state index contributed by atoms with van der Waals surface area (Å²) < 4.78 is 27.2. The highest BCUT2D eigenvalue weighted by atomic mass is 32.2. The minimum absolute atomic E-state index is 0.399. The number of benzene rings is 1. The molecule has 1 aromatic carbocycles. The summed E-state index contributed by atoms with van der Waals surface area (Å²) in [7, 11) is 3.59. The molecular formula is C26H33N4O4S+. The quantitative estimate of drug-likeness (QED) is 0.366. The average Bonchev–Trinajstić information content (AvgIpc) is 3.04. The van der Waals surface area contributed by atoms with E-state index < -0.39 is 21.5 Å². The molecule has 0 atom stereocenters. The Morgan fingerprint density at radius 2 is 1.54 bits per heavy atom. The maximum Gasteiger partial charge on any atom is 0.419 e. The summed E-state index contributed by atoms with van der Waals surface area (Å²) in [4.78, 5) is 21.9. The molecule has 35 heavy (non-hydrogen) atoms. The van der Waals surface area contributed by atoms with E-state index in [1.165, 1.54) is 0 Å². The zero-order valence-corrected chi connectivity index (χ0v) is 22.3. The van der Waals surface area contributed by atoms with Gasteiger partial charge in [0, 0.05) is 53.5 Å². The Morgan fingerprint density at radius 1 is 0.914 bits per heavy atom. The van der Waals surface area contributed by atoms with E-state index in [1.807, 2.05) is 51.2 Å². The van der Waals surface area contributed by atoms with Gasteiger partial charge >= 0.3 is 6.09 Å². The van der Waals surface area contributed by atoms with Gasteiger partial charge in [-0.25, -0.2) is 22.8 Å². The van der Waals surface area contributed by atoms with Crippen molar-refractivity contribution in [3.05, 3.63) is 55.0 Å². The van der Waals surface area contributed by atoms with Crippen LogP contribution in [-0.4, -0.2) is 68.3 Å². The molecule has 0 radical (unpaired) electrons. The molecule has 0 saturated carbocycles. The van der Waals surface area contributed by atoms with Gasteiger partial charge in [-0.15, -0.1) is 0 Å². The van der Waals surface area contributed by atoms with Crippen LogP contribution in [0.4, 0.5) is 10.6 Å². The summed E-state index contributed by atoms with van der Waals surface area (Å²) in [5, 5.41) is 1.88. The summed E-state index contributed by atoms with van der Waals surface area (Å²) in [6.07, 6.45) is 7.28. The highest BCUT2D eigenvalue weighted by molar-refractivity contribution is 7.89. The molecule has 0 bridgehead atoms. The van der Waals surface area contributed by atoms with E-state index in [0.29, 0.717) is 4.48 Å². The summed E-state index contributed by atoms with van der Waals surface area (Å²) in [6, 6.07) is 12.0. The van der Waals surface area contributed by atoms with Gasteiger partial charge in [0.15, 0.2) is 0 Å². The van der Waals surface area contributed by atoms with E-state index in [4.69, 9.17) is 4.74 Å². The number of hydrogen-bond acceptors (Lipinski definition) is 6. The van der Waals surface area contributed by atoms with Gasteiger partial charge in [0.2, 0.25) is 5.82 Å². The number of ether oxygens (including phenoxy) is 1. The highest BCUT2D eigenvalue weighted by Gasteiger charge is 2.23. The van der Waals surface area contributed by atoms with Gasteiger partial charge in [-0.3, -0.25) is 9.47 Å². The predicted octanol–water partition coefficient (Wildman–Crippen LogP) is 4.89. The van der Waals surface area contributed by atoms with Crippen molar-refractivity contribution in [2.75, 3.05) is 33.7 Å². The Balaban J connectivity index is 0.000000623. The lowest BCUT2D eigenvalue weighted by Gasteiger charge is -2.21. The van der Waals surface area contributed by atoms with Gasteiger partial charge in [-0.2, -0.15) is 0 Å². The van der Waals surface area contributed by atoms with Crippen LogP contribution in [0.1, 0.15) is 20.8 Å². The van der Waals surface area contributed by atoms with Gasteiger partial charge in [0.05, 0.1) is 32.2 Å². The molecule has 3 heterocycles. The van der Waals surface area contributed by atoms with Crippen molar-refractivity contribution < 1.29 is 17.9 Å². The number of carbonyl (C=O) groups excluding carboxylic acids is 1. The van der Waals surface area contributed by atoms with E-state index in [9.17, 15) is 13.2 Å². The SMILES string of the molecule is CC(C)(C)OC(=O)n1c2ccncc2c2ccc(-c3ccc([N+](C)(C)C)nc3)cc21.CS(C)(=O)=O. The van der Waals surface area contributed by atoms with Gasteiger partial charge < -0.3 is 4.74 Å². The first-order valence-electron chi connectivity index (χ1n) is 11.1. The van der Waals surface area contributed by atoms with Crippen LogP contribution in [0.2, 0.25) is 0 Å². The van der Waals surface area contributed by atoms with Gasteiger partial charge in [0.25, 0.3) is 0 Å². The zero-order chi connectivity index (χ0) is 26.2. The van der Waals surface area contributed by atoms with Crippen LogP contribution in [0, 0.1) is 0 Å². The fraction of sp³-hybridized carbons (Fsp3) is 0.346. The molecule has 186 valence electrons. The Labute approximate surface area is 206 Å². The number of carbonyl (C=O) groups is 1. The third-order valence-corrected chi connectivity index (χ3v) is 4.91. The second-order valence-electron chi connectivity index (χ2n) is 10.5. The Bertz CT molecular complexity index is 1470. The topological polar surface area (TPSA) is 91.2 Å². The number of rotatable bonds is 2. The second kappa shape index (κ2) is 9.39. The molecule has 0 spiro atoms. The minimum Gasteiger partial charge on any atom is -0.443 e. The first kappa shape index (κ1) is 26.3. The van der Waals surface area contributed by atoms with Crippen LogP contribution >= 0.6 is 0 Å². The van der Waals surface area contributed by atoms with Crippen molar-refractivity contribution in [1.82, 2.24) is 19.0 Å². The molecule has 0 aliphatic heterocycles. The molecule has 0 N–H and O–H groups in total. The van der Waals surface area contributed by atoms with Gasteiger partial charge in [0.1, 0.15) is 15.4 Å². The number of nitrogens with zero attached hydrogens (tertiary/aromatic N) is 4. The summed E-state index contributed by atoms with van der Waals surface area (Å²) in [5.74, 6) is 0.980. The predicted molar refractivity (Wildman–Crippen MR) is 142 cm³/mol. The number of sulfone groups is 1. The lowest BCUT2D eigenvalue weighted by atomic mass is 10.1. The largest absolute Gasteiger partial charge is 0.443 e. The lowest BCUT2D eigenvalue weighted by molar-refractivity contribution is 0.0551. The van der Waals surface area contributed by atoms with Crippen molar-refractivity contribution in [3.8, 4) is 11.1 Å². The lowest BCUT2D eigenvalue weighted by Crippen LogP contribution is -2.35. The monoisotopic (exact) mass is 497 g/mol. The van der Waals surface area contributed by atoms with Crippen molar-refractivity contribution >= 4 is 43.6 Å². The number of fused-ring (bicyclic) bond motifs is 3. The molecule has 0 amide bonds. The number of pyridine rings is 2. The van der Waals surface area contributed by atoms with Crippen molar-refractivity contribution in [2.45, 2.75) is 26.4 Å². The zero-order valence-electron chi connectivity index (χ0n) is 21.5. The third-order valence-electron chi connectivity index (χ3n) is 4.91.